The molecule has 0 aliphatic carbocycles. The van der Waals surface area contributed by atoms with Gasteiger partial charge < -0.3 is 19.6 Å². The number of likely N-dealkylation sites (N-methyl/N-ethyl adjacent to an activating group) is 1. The van der Waals surface area contributed by atoms with Gasteiger partial charge in [0.2, 0.25) is 0 Å². The Labute approximate surface area is 176 Å². The van der Waals surface area contributed by atoms with Crippen LogP contribution < -0.4 is 4.74 Å². The van der Waals surface area contributed by atoms with Crippen molar-refractivity contribution in [3.63, 3.8) is 0 Å². The summed E-state index contributed by atoms with van der Waals surface area (Å²) >= 11 is 0. The molecule has 7 nitrogen and oxygen atoms in total. The Balaban J connectivity index is 2.05. The topological polar surface area (TPSA) is 83.0 Å². The van der Waals surface area contributed by atoms with Crippen LogP contribution in [0.2, 0.25) is 0 Å². The molecule has 1 aromatic carbocycles. The van der Waals surface area contributed by atoms with Gasteiger partial charge in [0.1, 0.15) is 17.6 Å². The first kappa shape index (κ1) is 21.5. The fourth-order valence-corrected chi connectivity index (χ4v) is 3.38. The number of likely N-dealkylation sites (tertiary alicyclic amines) is 1. The lowest BCUT2D eigenvalue weighted by molar-refractivity contribution is -0.140. The molecule has 30 heavy (non-hydrogen) atoms. The molecule has 0 saturated carbocycles. The van der Waals surface area contributed by atoms with E-state index in [4.69, 9.17) is 4.74 Å². The minimum Gasteiger partial charge on any atom is -0.507 e. The van der Waals surface area contributed by atoms with E-state index in [0.717, 1.165) is 0 Å². The standard InChI is InChI=1S/C23H27N3O4/c1-15(2)30-17-10-8-16(9-11-17)21(27)19-20(18-7-5-6-12-24-18)26(14-13-25(3)4)23(29)22(19)28/h5-12,15,20,27H,13-14H2,1-4H3/b21-19+. The molecule has 2 aromatic rings. The number of aliphatic hydroxyl groups excluding tert-OH is 1. The highest BCUT2D eigenvalue weighted by Gasteiger charge is 2.46. The highest BCUT2D eigenvalue weighted by molar-refractivity contribution is 6.46. The molecule has 2 heterocycles. The van der Waals surface area contributed by atoms with Gasteiger partial charge in [-0.2, -0.15) is 0 Å². The van der Waals surface area contributed by atoms with Crippen LogP contribution in [0.15, 0.2) is 54.2 Å². The largest absolute Gasteiger partial charge is 0.507 e. The number of rotatable bonds is 7. The van der Waals surface area contributed by atoms with Gasteiger partial charge in [-0.1, -0.05) is 6.07 Å². The van der Waals surface area contributed by atoms with Crippen molar-refractivity contribution >= 4 is 17.4 Å². The first-order valence-electron chi connectivity index (χ1n) is 9.90. The van der Waals surface area contributed by atoms with Crippen molar-refractivity contribution in [3.05, 3.63) is 65.5 Å². The molecule has 1 aliphatic heterocycles. The minimum absolute atomic E-state index is 0.0237. The molecule has 3 rings (SSSR count). The zero-order valence-electron chi connectivity index (χ0n) is 17.7. The fourth-order valence-electron chi connectivity index (χ4n) is 3.38. The number of aromatic nitrogens is 1. The van der Waals surface area contributed by atoms with E-state index in [1.807, 2.05) is 32.8 Å². The SMILES string of the molecule is CC(C)Oc1ccc(/C(O)=C2\C(=O)C(=O)N(CCN(C)C)C2c2ccccn2)cc1. The maximum Gasteiger partial charge on any atom is 0.295 e. The second-order valence-electron chi connectivity index (χ2n) is 7.74. The number of nitrogens with zero attached hydrogens (tertiary/aromatic N) is 3. The summed E-state index contributed by atoms with van der Waals surface area (Å²) in [6.45, 7) is 4.78. The van der Waals surface area contributed by atoms with E-state index in [9.17, 15) is 14.7 Å². The summed E-state index contributed by atoms with van der Waals surface area (Å²) in [5.41, 5.74) is 1.03. The molecule has 1 fully saturated rings. The number of pyridine rings is 1. The second kappa shape index (κ2) is 9.09. The summed E-state index contributed by atoms with van der Waals surface area (Å²) in [7, 11) is 3.79. The number of aliphatic hydroxyl groups is 1. The summed E-state index contributed by atoms with van der Waals surface area (Å²) in [6, 6.07) is 11.4. The highest BCUT2D eigenvalue weighted by Crippen LogP contribution is 2.38. The molecule has 0 radical (unpaired) electrons. The third-order valence-corrected chi connectivity index (χ3v) is 4.80. The summed E-state index contributed by atoms with van der Waals surface area (Å²) in [6.07, 6.45) is 1.63. The number of benzene rings is 1. The van der Waals surface area contributed by atoms with Gasteiger partial charge in [0, 0.05) is 24.8 Å². The number of hydrogen-bond acceptors (Lipinski definition) is 6. The predicted octanol–water partition coefficient (Wildman–Crippen LogP) is 2.85. The average Bonchev–Trinajstić information content (AvgIpc) is 2.97. The molecule has 1 atom stereocenters. The van der Waals surface area contributed by atoms with E-state index in [1.165, 1.54) is 4.90 Å². The predicted molar refractivity (Wildman–Crippen MR) is 114 cm³/mol. The molecule has 1 amide bonds. The maximum absolute atomic E-state index is 12.9. The van der Waals surface area contributed by atoms with Gasteiger partial charge in [0.25, 0.3) is 11.7 Å². The van der Waals surface area contributed by atoms with Crippen LogP contribution in [0.25, 0.3) is 5.76 Å². The summed E-state index contributed by atoms with van der Waals surface area (Å²) in [5, 5.41) is 11.0. The number of amides is 1. The zero-order chi connectivity index (χ0) is 21.8. The number of carbonyl (C=O) groups excluding carboxylic acids is 2. The number of Topliss-reactive ketones (excluding diaryl/α,β-unsaturated/α-hetero) is 1. The van der Waals surface area contributed by atoms with E-state index in [2.05, 4.69) is 4.98 Å². The number of ketones is 1. The van der Waals surface area contributed by atoms with Crippen LogP contribution in [0.3, 0.4) is 0 Å². The third kappa shape index (κ3) is 4.52. The zero-order valence-corrected chi connectivity index (χ0v) is 17.7. The molecule has 1 aromatic heterocycles. The van der Waals surface area contributed by atoms with E-state index in [0.29, 0.717) is 30.1 Å². The number of ether oxygens (including phenoxy) is 1. The van der Waals surface area contributed by atoms with Crippen molar-refractivity contribution in [2.24, 2.45) is 0 Å². The molecular weight excluding hydrogens is 382 g/mol. The third-order valence-electron chi connectivity index (χ3n) is 4.80. The monoisotopic (exact) mass is 409 g/mol. The molecule has 1 saturated heterocycles. The smallest absolute Gasteiger partial charge is 0.295 e. The maximum atomic E-state index is 12.9. The van der Waals surface area contributed by atoms with Crippen LogP contribution in [0.1, 0.15) is 31.1 Å². The minimum atomic E-state index is -0.738. The van der Waals surface area contributed by atoms with Crippen LogP contribution in [0, 0.1) is 0 Å². The van der Waals surface area contributed by atoms with Crippen LogP contribution in [-0.4, -0.2) is 64.9 Å². The normalized spacial score (nSPS) is 18.5. The lowest BCUT2D eigenvalue weighted by atomic mass is 9.98. The van der Waals surface area contributed by atoms with E-state index in [1.54, 1.807) is 48.7 Å². The molecule has 0 bridgehead atoms. The molecule has 7 heteroatoms. The van der Waals surface area contributed by atoms with Crippen molar-refractivity contribution in [1.29, 1.82) is 0 Å². The first-order valence-corrected chi connectivity index (χ1v) is 9.90. The number of carbonyl (C=O) groups is 2. The van der Waals surface area contributed by atoms with E-state index in [-0.39, 0.29) is 17.4 Å². The first-order chi connectivity index (χ1) is 14.3. The van der Waals surface area contributed by atoms with Crippen LogP contribution in [-0.2, 0) is 9.59 Å². The summed E-state index contributed by atoms with van der Waals surface area (Å²) in [4.78, 5) is 33.5. The van der Waals surface area contributed by atoms with Crippen LogP contribution >= 0.6 is 0 Å². The van der Waals surface area contributed by atoms with Crippen LogP contribution in [0.5, 0.6) is 5.75 Å². The van der Waals surface area contributed by atoms with Crippen molar-refractivity contribution in [1.82, 2.24) is 14.8 Å². The Morgan fingerprint density at radius 1 is 1.17 bits per heavy atom. The lowest BCUT2D eigenvalue weighted by Gasteiger charge is -2.25. The van der Waals surface area contributed by atoms with Gasteiger partial charge in [-0.3, -0.25) is 14.6 Å². The number of hydrogen-bond donors (Lipinski definition) is 1. The van der Waals surface area contributed by atoms with E-state index < -0.39 is 17.7 Å². The van der Waals surface area contributed by atoms with Gasteiger partial charge in [-0.25, -0.2) is 0 Å². The second-order valence-corrected chi connectivity index (χ2v) is 7.74. The Morgan fingerprint density at radius 3 is 2.43 bits per heavy atom. The summed E-state index contributed by atoms with van der Waals surface area (Å²) < 4.78 is 5.63. The summed E-state index contributed by atoms with van der Waals surface area (Å²) in [5.74, 6) is -0.889. The van der Waals surface area contributed by atoms with Crippen molar-refractivity contribution < 1.29 is 19.4 Å². The molecule has 1 N–H and O–H groups in total. The highest BCUT2D eigenvalue weighted by atomic mass is 16.5. The van der Waals surface area contributed by atoms with Gasteiger partial charge in [-0.15, -0.1) is 0 Å². The Morgan fingerprint density at radius 2 is 1.87 bits per heavy atom. The molecule has 158 valence electrons. The van der Waals surface area contributed by atoms with Crippen molar-refractivity contribution in [3.8, 4) is 5.75 Å². The fraction of sp³-hybridized carbons (Fsp3) is 0.348. The molecule has 1 aliphatic rings. The van der Waals surface area contributed by atoms with Crippen LogP contribution in [0.4, 0.5) is 0 Å². The molecular formula is C23H27N3O4. The Hall–Kier alpha value is -3.19. The average molecular weight is 409 g/mol. The van der Waals surface area contributed by atoms with Crippen molar-refractivity contribution in [2.75, 3.05) is 27.2 Å². The van der Waals surface area contributed by atoms with Gasteiger partial charge in [0.05, 0.1) is 17.4 Å². The lowest BCUT2D eigenvalue weighted by Crippen LogP contribution is -2.35. The van der Waals surface area contributed by atoms with Gasteiger partial charge >= 0.3 is 0 Å². The van der Waals surface area contributed by atoms with Gasteiger partial charge in [0.15, 0.2) is 0 Å². The Kier molecular flexibility index (Phi) is 6.52. The quantitative estimate of drug-likeness (QED) is 0.430. The Bertz CT molecular complexity index is 937. The molecule has 0 spiro atoms. The van der Waals surface area contributed by atoms with Gasteiger partial charge in [-0.05, 0) is 64.3 Å². The molecule has 1 unspecified atom stereocenters. The van der Waals surface area contributed by atoms with Crippen molar-refractivity contribution in [2.45, 2.75) is 26.0 Å². The van der Waals surface area contributed by atoms with E-state index >= 15 is 0 Å².